The molecule has 4 rings (SSSR count). The van der Waals surface area contributed by atoms with Gasteiger partial charge >= 0.3 is 18.9 Å². The standard InChI is InChI=1S/C18H13N.Li.H/c1-2-8-14(9-3-1)19-17-12-6-4-10-15(17)16-11-5-7-13-18(16)19;;/h1-13H;;. The van der Waals surface area contributed by atoms with Crippen molar-refractivity contribution in [3.05, 3.63) is 78.9 Å². The Kier molecular flexibility index (Phi) is 3.40. The third kappa shape index (κ3) is 1.88. The van der Waals surface area contributed by atoms with E-state index in [2.05, 4.69) is 83.4 Å². The summed E-state index contributed by atoms with van der Waals surface area (Å²) in [6, 6.07) is 27.7. The normalized spacial score (nSPS) is 10.6. The number of benzene rings is 3. The molecule has 0 unspecified atom stereocenters. The van der Waals surface area contributed by atoms with E-state index in [0.29, 0.717) is 0 Å². The van der Waals surface area contributed by atoms with Crippen LogP contribution in [0, 0.1) is 0 Å². The number of para-hydroxylation sites is 3. The summed E-state index contributed by atoms with van der Waals surface area (Å²) in [6.45, 7) is 0. The Bertz CT molecular complexity index is 809. The number of hydrogen-bond acceptors (Lipinski definition) is 0. The maximum absolute atomic E-state index is 2.32. The van der Waals surface area contributed by atoms with E-state index in [0.717, 1.165) is 0 Å². The van der Waals surface area contributed by atoms with Crippen LogP contribution in [-0.2, 0) is 0 Å². The minimum absolute atomic E-state index is 0. The van der Waals surface area contributed by atoms with E-state index in [1.807, 2.05) is 0 Å². The summed E-state index contributed by atoms with van der Waals surface area (Å²) in [6.07, 6.45) is 0. The summed E-state index contributed by atoms with van der Waals surface area (Å²) < 4.78 is 2.32. The molecular formula is C18H14LiN. The van der Waals surface area contributed by atoms with Crippen LogP contribution in [0.15, 0.2) is 78.9 Å². The van der Waals surface area contributed by atoms with Crippen LogP contribution in [0.5, 0.6) is 0 Å². The molecule has 0 aliphatic rings. The molecule has 1 heterocycles. The van der Waals surface area contributed by atoms with Crippen LogP contribution in [0.25, 0.3) is 27.5 Å². The largest absolute Gasteiger partial charge is 0.309 e. The van der Waals surface area contributed by atoms with Crippen molar-refractivity contribution in [1.82, 2.24) is 4.57 Å². The van der Waals surface area contributed by atoms with Crippen molar-refractivity contribution in [2.24, 2.45) is 0 Å². The van der Waals surface area contributed by atoms with Gasteiger partial charge in [0.25, 0.3) is 0 Å². The minimum Gasteiger partial charge on any atom is -0.309 e. The maximum Gasteiger partial charge on any atom is 0.0541 e. The predicted molar refractivity (Wildman–Crippen MR) is 87.9 cm³/mol. The van der Waals surface area contributed by atoms with E-state index in [-0.39, 0.29) is 18.9 Å². The zero-order chi connectivity index (χ0) is 12.7. The fourth-order valence-electron chi connectivity index (χ4n) is 2.78. The molecule has 0 saturated heterocycles. The number of fused-ring (bicyclic) bond motifs is 3. The molecule has 3 aromatic carbocycles. The summed E-state index contributed by atoms with van der Waals surface area (Å²) in [5.41, 5.74) is 3.73. The van der Waals surface area contributed by atoms with Gasteiger partial charge in [0.05, 0.1) is 11.0 Å². The Morgan fingerprint density at radius 3 is 1.50 bits per heavy atom. The van der Waals surface area contributed by atoms with Crippen molar-refractivity contribution in [2.75, 3.05) is 0 Å². The van der Waals surface area contributed by atoms with Crippen molar-refractivity contribution in [3.8, 4) is 5.69 Å². The second-order valence-electron chi connectivity index (χ2n) is 4.71. The molecule has 0 atom stereocenters. The summed E-state index contributed by atoms with van der Waals surface area (Å²) in [5, 5.41) is 2.61. The maximum atomic E-state index is 2.32. The first-order valence-corrected chi connectivity index (χ1v) is 6.49. The molecule has 0 spiro atoms. The Morgan fingerprint density at radius 1 is 0.500 bits per heavy atom. The van der Waals surface area contributed by atoms with Gasteiger partial charge in [-0.1, -0.05) is 54.6 Å². The van der Waals surface area contributed by atoms with E-state index in [1.165, 1.54) is 27.5 Å². The fourth-order valence-corrected chi connectivity index (χ4v) is 2.78. The minimum atomic E-state index is 0. The first-order valence-electron chi connectivity index (χ1n) is 6.49. The van der Waals surface area contributed by atoms with Gasteiger partial charge in [-0.05, 0) is 24.3 Å². The summed E-state index contributed by atoms with van der Waals surface area (Å²) in [4.78, 5) is 0. The van der Waals surface area contributed by atoms with Gasteiger partial charge in [-0.25, -0.2) is 0 Å². The first-order chi connectivity index (χ1) is 9.45. The molecule has 1 nitrogen and oxygen atoms in total. The van der Waals surface area contributed by atoms with Crippen LogP contribution in [0.2, 0.25) is 0 Å². The molecule has 0 amide bonds. The molecule has 1 aromatic heterocycles. The quantitative estimate of drug-likeness (QED) is 0.448. The Labute approximate surface area is 130 Å². The van der Waals surface area contributed by atoms with Crippen LogP contribution >= 0.6 is 0 Å². The van der Waals surface area contributed by atoms with Crippen LogP contribution in [-0.4, -0.2) is 23.4 Å². The summed E-state index contributed by atoms with van der Waals surface area (Å²) in [5.74, 6) is 0. The van der Waals surface area contributed by atoms with E-state index in [1.54, 1.807) is 0 Å². The Balaban J connectivity index is 0.00000121. The van der Waals surface area contributed by atoms with Gasteiger partial charge in [0.1, 0.15) is 0 Å². The summed E-state index contributed by atoms with van der Waals surface area (Å²) >= 11 is 0. The second-order valence-corrected chi connectivity index (χ2v) is 4.71. The molecular weight excluding hydrogens is 237 g/mol. The fraction of sp³-hybridized carbons (Fsp3) is 0. The molecule has 0 fully saturated rings. The van der Waals surface area contributed by atoms with Gasteiger partial charge in [0.15, 0.2) is 0 Å². The van der Waals surface area contributed by atoms with Crippen LogP contribution in [0.3, 0.4) is 0 Å². The van der Waals surface area contributed by atoms with E-state index < -0.39 is 0 Å². The van der Waals surface area contributed by atoms with Gasteiger partial charge in [0.2, 0.25) is 0 Å². The van der Waals surface area contributed by atoms with Gasteiger partial charge in [0, 0.05) is 16.5 Å². The van der Waals surface area contributed by atoms with Gasteiger partial charge in [-0.15, -0.1) is 0 Å². The number of nitrogens with zero attached hydrogens (tertiary/aromatic N) is 1. The van der Waals surface area contributed by atoms with Gasteiger partial charge in [-0.2, -0.15) is 0 Å². The average molecular weight is 251 g/mol. The van der Waals surface area contributed by atoms with Crippen molar-refractivity contribution >= 4 is 40.7 Å². The van der Waals surface area contributed by atoms with Gasteiger partial charge in [-0.3, -0.25) is 0 Å². The first kappa shape index (κ1) is 13.1. The molecule has 0 aliphatic heterocycles. The van der Waals surface area contributed by atoms with Crippen LogP contribution in [0.1, 0.15) is 0 Å². The zero-order valence-electron chi connectivity index (χ0n) is 10.5. The predicted octanol–water partition coefficient (Wildman–Crippen LogP) is 4.14. The van der Waals surface area contributed by atoms with E-state index in [4.69, 9.17) is 0 Å². The average Bonchev–Trinajstić information content (AvgIpc) is 2.83. The zero-order valence-corrected chi connectivity index (χ0v) is 10.5. The monoisotopic (exact) mass is 251 g/mol. The van der Waals surface area contributed by atoms with E-state index >= 15 is 0 Å². The molecule has 0 saturated carbocycles. The molecule has 0 N–H and O–H groups in total. The number of hydrogen-bond donors (Lipinski definition) is 0. The Hall–Kier alpha value is -1.94. The van der Waals surface area contributed by atoms with Crippen molar-refractivity contribution in [1.29, 1.82) is 0 Å². The third-order valence-electron chi connectivity index (χ3n) is 3.59. The molecule has 0 aliphatic carbocycles. The Morgan fingerprint density at radius 2 is 0.950 bits per heavy atom. The summed E-state index contributed by atoms with van der Waals surface area (Å²) in [7, 11) is 0. The van der Waals surface area contributed by atoms with Crippen LogP contribution in [0.4, 0.5) is 0 Å². The van der Waals surface area contributed by atoms with Crippen LogP contribution < -0.4 is 0 Å². The van der Waals surface area contributed by atoms with E-state index in [9.17, 15) is 0 Å². The molecule has 0 radical (unpaired) electrons. The molecule has 20 heavy (non-hydrogen) atoms. The molecule has 4 aromatic rings. The van der Waals surface area contributed by atoms with Gasteiger partial charge < -0.3 is 4.57 Å². The topological polar surface area (TPSA) is 4.93 Å². The third-order valence-corrected chi connectivity index (χ3v) is 3.59. The molecule has 2 heteroatoms. The number of rotatable bonds is 1. The molecule has 0 bridgehead atoms. The number of aromatic nitrogens is 1. The second kappa shape index (κ2) is 5.21. The van der Waals surface area contributed by atoms with Crippen molar-refractivity contribution < 1.29 is 0 Å². The van der Waals surface area contributed by atoms with Crippen molar-refractivity contribution in [2.45, 2.75) is 0 Å². The molecule has 92 valence electrons. The smallest absolute Gasteiger partial charge is 0.0541 e. The van der Waals surface area contributed by atoms with Crippen molar-refractivity contribution in [3.63, 3.8) is 0 Å². The SMILES string of the molecule is [LiH].c1ccc(-n2c3ccccc3c3ccccc32)cc1.